The minimum absolute atomic E-state index is 0.0961. The predicted molar refractivity (Wildman–Crippen MR) is 80.3 cm³/mol. The maximum absolute atomic E-state index is 13.5. The highest BCUT2D eigenvalue weighted by Crippen LogP contribution is 2.34. The Morgan fingerprint density at radius 1 is 1.43 bits per heavy atom. The van der Waals surface area contributed by atoms with E-state index in [9.17, 15) is 9.18 Å². The van der Waals surface area contributed by atoms with Crippen LogP contribution < -0.4 is 16.0 Å². The number of H-pyrrole nitrogens is 1. The summed E-state index contributed by atoms with van der Waals surface area (Å²) < 4.78 is 18.4. The van der Waals surface area contributed by atoms with Gasteiger partial charge in [0.25, 0.3) is 5.56 Å². The van der Waals surface area contributed by atoms with Crippen molar-refractivity contribution >= 4 is 17.4 Å². The van der Waals surface area contributed by atoms with Crippen LogP contribution in [-0.4, -0.2) is 17.1 Å². The van der Waals surface area contributed by atoms with Crippen LogP contribution in [-0.2, 0) is 6.42 Å². The van der Waals surface area contributed by atoms with Crippen molar-refractivity contribution in [2.24, 2.45) is 0 Å². The molecule has 3 N–H and O–H groups in total. The number of nitrogens with one attached hydrogen (secondary N) is 1. The summed E-state index contributed by atoms with van der Waals surface area (Å²) in [6, 6.07) is 4.15. The number of aryl methyl sites for hydroxylation is 1. The third-order valence-corrected chi connectivity index (χ3v) is 3.73. The molecule has 0 aliphatic heterocycles. The number of ether oxygens (including phenoxy) is 1. The lowest BCUT2D eigenvalue weighted by molar-refractivity contribution is 0.385. The number of aromatic nitrogens is 2. The van der Waals surface area contributed by atoms with E-state index < -0.39 is 5.82 Å². The molecular formula is C14H16FN3O2S. The lowest BCUT2D eigenvalue weighted by Crippen LogP contribution is -2.10. The van der Waals surface area contributed by atoms with Crippen LogP contribution in [0.15, 0.2) is 33.0 Å². The van der Waals surface area contributed by atoms with Crippen LogP contribution in [0.1, 0.15) is 19.0 Å². The molecule has 1 heterocycles. The van der Waals surface area contributed by atoms with Gasteiger partial charge in [0.05, 0.1) is 7.11 Å². The topological polar surface area (TPSA) is 81.0 Å². The summed E-state index contributed by atoms with van der Waals surface area (Å²) in [5.74, 6) is -0.431. The van der Waals surface area contributed by atoms with E-state index in [0.29, 0.717) is 10.1 Å². The SMILES string of the molecule is CCCc1cc(=O)[nH]c(Sc2cc(OC)c(F)cc2N)n1. The number of nitrogens with two attached hydrogens (primary N) is 1. The molecule has 0 aliphatic rings. The van der Waals surface area contributed by atoms with Gasteiger partial charge in [0.2, 0.25) is 0 Å². The number of anilines is 1. The van der Waals surface area contributed by atoms with Gasteiger partial charge in [0.15, 0.2) is 16.7 Å². The Hall–Kier alpha value is -2.02. The fraction of sp³-hybridized carbons (Fsp3) is 0.286. The Morgan fingerprint density at radius 3 is 2.86 bits per heavy atom. The van der Waals surface area contributed by atoms with Crippen LogP contribution in [0.4, 0.5) is 10.1 Å². The number of hydrogen-bond donors (Lipinski definition) is 2. The molecule has 0 bridgehead atoms. The maximum Gasteiger partial charge on any atom is 0.251 e. The molecule has 7 heteroatoms. The van der Waals surface area contributed by atoms with Gasteiger partial charge in [0, 0.05) is 28.4 Å². The number of aromatic amines is 1. The van der Waals surface area contributed by atoms with E-state index >= 15 is 0 Å². The van der Waals surface area contributed by atoms with Gasteiger partial charge in [-0.1, -0.05) is 13.3 Å². The Labute approximate surface area is 125 Å². The van der Waals surface area contributed by atoms with E-state index in [1.54, 1.807) is 0 Å². The number of nitrogens with zero attached hydrogens (tertiary/aromatic N) is 1. The standard InChI is InChI=1S/C14H16FN3O2S/c1-3-4-8-5-13(19)18-14(17-8)21-12-7-11(20-2)9(15)6-10(12)16/h5-7H,3-4,16H2,1-2H3,(H,17,18,19). The van der Waals surface area contributed by atoms with Crippen molar-refractivity contribution in [1.82, 2.24) is 9.97 Å². The first-order valence-electron chi connectivity index (χ1n) is 6.44. The summed E-state index contributed by atoms with van der Waals surface area (Å²) in [7, 11) is 1.38. The van der Waals surface area contributed by atoms with Gasteiger partial charge >= 0.3 is 0 Å². The maximum atomic E-state index is 13.5. The van der Waals surface area contributed by atoms with Gasteiger partial charge in [-0.25, -0.2) is 9.37 Å². The van der Waals surface area contributed by atoms with Crippen LogP contribution in [0.2, 0.25) is 0 Å². The molecule has 0 saturated carbocycles. The van der Waals surface area contributed by atoms with Crippen LogP contribution in [0.5, 0.6) is 5.75 Å². The Bertz CT molecular complexity index is 703. The number of nitrogen functional groups attached to an aromatic ring is 1. The average Bonchev–Trinajstić information content (AvgIpc) is 2.41. The molecule has 0 spiro atoms. The number of hydrogen-bond acceptors (Lipinski definition) is 5. The molecule has 0 atom stereocenters. The van der Waals surface area contributed by atoms with Gasteiger partial charge in [0.1, 0.15) is 0 Å². The molecule has 2 rings (SSSR count). The van der Waals surface area contributed by atoms with E-state index in [4.69, 9.17) is 10.5 Å². The molecule has 5 nitrogen and oxygen atoms in total. The van der Waals surface area contributed by atoms with E-state index in [-0.39, 0.29) is 17.0 Å². The highest BCUT2D eigenvalue weighted by atomic mass is 32.2. The van der Waals surface area contributed by atoms with E-state index in [1.807, 2.05) is 6.92 Å². The van der Waals surface area contributed by atoms with Crippen molar-refractivity contribution in [3.05, 3.63) is 40.1 Å². The first-order chi connectivity index (χ1) is 10.0. The summed E-state index contributed by atoms with van der Waals surface area (Å²) in [5, 5.41) is 0.423. The largest absolute Gasteiger partial charge is 0.494 e. The number of methoxy groups -OCH3 is 1. The summed E-state index contributed by atoms with van der Waals surface area (Å²) in [6.45, 7) is 2.01. The molecule has 1 aromatic carbocycles. The second-order valence-corrected chi connectivity index (χ2v) is 5.45. The lowest BCUT2D eigenvalue weighted by atomic mass is 10.2. The number of halogens is 1. The van der Waals surface area contributed by atoms with Crippen molar-refractivity contribution in [1.29, 1.82) is 0 Å². The molecule has 112 valence electrons. The summed E-state index contributed by atoms with van der Waals surface area (Å²) >= 11 is 1.17. The first-order valence-corrected chi connectivity index (χ1v) is 7.26. The molecule has 0 unspecified atom stereocenters. The van der Waals surface area contributed by atoms with Gasteiger partial charge in [-0.05, 0) is 24.2 Å². The van der Waals surface area contributed by atoms with Crippen molar-refractivity contribution < 1.29 is 9.13 Å². The zero-order chi connectivity index (χ0) is 15.4. The van der Waals surface area contributed by atoms with Crippen molar-refractivity contribution in [3.63, 3.8) is 0 Å². The molecule has 0 amide bonds. The van der Waals surface area contributed by atoms with Gasteiger partial charge in [-0.3, -0.25) is 4.79 Å². The van der Waals surface area contributed by atoms with Crippen molar-refractivity contribution in [2.45, 2.75) is 29.8 Å². The second-order valence-electron chi connectivity index (χ2n) is 4.42. The highest BCUT2D eigenvalue weighted by molar-refractivity contribution is 7.99. The first kappa shape index (κ1) is 15.4. The smallest absolute Gasteiger partial charge is 0.251 e. The minimum Gasteiger partial charge on any atom is -0.494 e. The monoisotopic (exact) mass is 309 g/mol. The highest BCUT2D eigenvalue weighted by Gasteiger charge is 2.11. The van der Waals surface area contributed by atoms with Crippen LogP contribution in [0, 0.1) is 5.82 Å². The van der Waals surface area contributed by atoms with Gasteiger partial charge < -0.3 is 15.5 Å². The zero-order valence-electron chi connectivity index (χ0n) is 11.8. The molecule has 0 radical (unpaired) electrons. The van der Waals surface area contributed by atoms with E-state index in [2.05, 4.69) is 9.97 Å². The lowest BCUT2D eigenvalue weighted by Gasteiger charge is -2.09. The van der Waals surface area contributed by atoms with Crippen molar-refractivity contribution in [2.75, 3.05) is 12.8 Å². The summed E-state index contributed by atoms with van der Waals surface area (Å²) in [6.07, 6.45) is 1.62. The summed E-state index contributed by atoms with van der Waals surface area (Å²) in [5.41, 5.74) is 6.56. The Balaban J connectivity index is 2.35. The molecule has 2 aromatic rings. The zero-order valence-corrected chi connectivity index (χ0v) is 12.6. The molecule has 0 aliphatic carbocycles. The van der Waals surface area contributed by atoms with Crippen molar-refractivity contribution in [3.8, 4) is 5.75 Å². The van der Waals surface area contributed by atoms with E-state index in [1.165, 1.54) is 37.1 Å². The fourth-order valence-corrected chi connectivity index (χ4v) is 2.68. The van der Waals surface area contributed by atoms with Crippen LogP contribution in [0.25, 0.3) is 0 Å². The van der Waals surface area contributed by atoms with Gasteiger partial charge in [-0.15, -0.1) is 0 Å². The van der Waals surface area contributed by atoms with Crippen LogP contribution >= 0.6 is 11.8 Å². The average molecular weight is 309 g/mol. The van der Waals surface area contributed by atoms with E-state index in [0.717, 1.165) is 18.5 Å². The molecule has 0 saturated heterocycles. The summed E-state index contributed by atoms with van der Waals surface area (Å²) in [4.78, 5) is 19.2. The third kappa shape index (κ3) is 3.75. The normalized spacial score (nSPS) is 10.6. The fourth-order valence-electron chi connectivity index (χ4n) is 1.82. The molecular weight excluding hydrogens is 293 g/mol. The molecule has 1 aromatic heterocycles. The minimum atomic E-state index is -0.527. The Morgan fingerprint density at radius 2 is 2.19 bits per heavy atom. The van der Waals surface area contributed by atoms with Gasteiger partial charge in [-0.2, -0.15) is 0 Å². The third-order valence-electron chi connectivity index (χ3n) is 2.77. The second kappa shape index (κ2) is 6.62. The molecule has 0 fully saturated rings. The van der Waals surface area contributed by atoms with Crippen LogP contribution in [0.3, 0.4) is 0 Å². The Kier molecular flexibility index (Phi) is 4.85. The quantitative estimate of drug-likeness (QED) is 0.655. The molecule has 21 heavy (non-hydrogen) atoms. The number of benzene rings is 1. The predicted octanol–water partition coefficient (Wildman–Crippen LogP) is 2.60. The number of rotatable bonds is 5.